The van der Waals surface area contributed by atoms with Crippen LogP contribution in [0.4, 0.5) is 4.39 Å². The lowest BCUT2D eigenvalue weighted by Crippen LogP contribution is -2.52. The largest absolute Gasteiger partial charge is 0.484 e. The summed E-state index contributed by atoms with van der Waals surface area (Å²) in [6.45, 7) is 4.16. The van der Waals surface area contributed by atoms with E-state index in [0.29, 0.717) is 24.9 Å². The van der Waals surface area contributed by atoms with Gasteiger partial charge in [0.1, 0.15) is 11.6 Å². The number of nitrogens with zero attached hydrogens (tertiary/aromatic N) is 1. The molecule has 1 aromatic rings. The molecule has 1 saturated heterocycles. The third-order valence-electron chi connectivity index (χ3n) is 2.88. The summed E-state index contributed by atoms with van der Waals surface area (Å²) in [6.07, 6.45) is 0. The van der Waals surface area contributed by atoms with E-state index < -0.39 is 0 Å². The Morgan fingerprint density at radius 2 is 2.44 bits per heavy atom. The van der Waals surface area contributed by atoms with Crippen molar-refractivity contribution in [3.8, 4) is 5.75 Å². The monoisotopic (exact) mass is 252 g/mol. The fraction of sp³-hybridized carbons (Fsp3) is 0.462. The molecule has 1 N–H and O–H groups in total. The van der Waals surface area contributed by atoms with Crippen molar-refractivity contribution in [2.24, 2.45) is 0 Å². The van der Waals surface area contributed by atoms with Crippen molar-refractivity contribution in [3.05, 3.63) is 30.1 Å². The van der Waals surface area contributed by atoms with Gasteiger partial charge in [0, 0.05) is 31.7 Å². The van der Waals surface area contributed by atoms with Crippen molar-refractivity contribution in [2.75, 3.05) is 26.2 Å². The van der Waals surface area contributed by atoms with Crippen LogP contribution in [0.5, 0.6) is 5.75 Å². The van der Waals surface area contributed by atoms with Gasteiger partial charge in [-0.15, -0.1) is 0 Å². The number of piperazine rings is 1. The van der Waals surface area contributed by atoms with Gasteiger partial charge >= 0.3 is 0 Å². The van der Waals surface area contributed by atoms with Gasteiger partial charge in [0.05, 0.1) is 0 Å². The van der Waals surface area contributed by atoms with Crippen LogP contribution >= 0.6 is 0 Å². The van der Waals surface area contributed by atoms with Gasteiger partial charge in [0.25, 0.3) is 5.91 Å². The SMILES string of the molecule is C[C@H]1CN(C(=O)COc2cccc(F)c2)CCN1. The van der Waals surface area contributed by atoms with Gasteiger partial charge in [0.2, 0.25) is 0 Å². The number of carbonyl (C=O) groups excluding carboxylic acids is 1. The van der Waals surface area contributed by atoms with Gasteiger partial charge in [-0.25, -0.2) is 4.39 Å². The highest BCUT2D eigenvalue weighted by molar-refractivity contribution is 5.78. The van der Waals surface area contributed by atoms with Gasteiger partial charge in [-0.1, -0.05) is 6.07 Å². The van der Waals surface area contributed by atoms with Crippen LogP contribution in [-0.4, -0.2) is 43.1 Å². The molecule has 2 rings (SSSR count). The van der Waals surface area contributed by atoms with Gasteiger partial charge < -0.3 is 15.0 Å². The Morgan fingerprint density at radius 3 is 3.17 bits per heavy atom. The summed E-state index contributed by atoms with van der Waals surface area (Å²) in [6, 6.07) is 6.11. The van der Waals surface area contributed by atoms with E-state index in [-0.39, 0.29) is 18.3 Å². The van der Waals surface area contributed by atoms with Crippen LogP contribution in [-0.2, 0) is 4.79 Å². The summed E-state index contributed by atoms with van der Waals surface area (Å²) in [5, 5.41) is 3.26. The molecule has 1 heterocycles. The quantitative estimate of drug-likeness (QED) is 0.873. The Bertz CT molecular complexity index is 425. The minimum atomic E-state index is -0.365. The number of rotatable bonds is 3. The van der Waals surface area contributed by atoms with E-state index in [2.05, 4.69) is 5.32 Å². The zero-order valence-electron chi connectivity index (χ0n) is 10.4. The molecule has 4 nitrogen and oxygen atoms in total. The van der Waals surface area contributed by atoms with Crippen molar-refractivity contribution in [3.63, 3.8) is 0 Å². The molecule has 1 aliphatic rings. The minimum Gasteiger partial charge on any atom is -0.484 e. The zero-order chi connectivity index (χ0) is 13.0. The third-order valence-corrected chi connectivity index (χ3v) is 2.88. The highest BCUT2D eigenvalue weighted by Gasteiger charge is 2.20. The average molecular weight is 252 g/mol. The second-order valence-electron chi connectivity index (χ2n) is 4.44. The number of hydrogen-bond donors (Lipinski definition) is 1. The average Bonchev–Trinajstić information content (AvgIpc) is 2.36. The predicted molar refractivity (Wildman–Crippen MR) is 65.9 cm³/mol. The number of halogens is 1. The van der Waals surface area contributed by atoms with Crippen molar-refractivity contribution in [1.82, 2.24) is 10.2 Å². The first-order chi connectivity index (χ1) is 8.65. The van der Waals surface area contributed by atoms with E-state index >= 15 is 0 Å². The normalized spacial score (nSPS) is 19.7. The van der Waals surface area contributed by atoms with E-state index in [0.717, 1.165) is 6.54 Å². The molecule has 18 heavy (non-hydrogen) atoms. The molecule has 1 aromatic carbocycles. The topological polar surface area (TPSA) is 41.6 Å². The Labute approximate surface area is 106 Å². The van der Waals surface area contributed by atoms with Crippen molar-refractivity contribution in [2.45, 2.75) is 13.0 Å². The Hall–Kier alpha value is -1.62. The number of carbonyl (C=O) groups is 1. The number of hydrogen-bond acceptors (Lipinski definition) is 3. The number of nitrogens with one attached hydrogen (secondary N) is 1. The molecule has 5 heteroatoms. The molecule has 0 spiro atoms. The summed E-state index contributed by atoms with van der Waals surface area (Å²) in [7, 11) is 0. The van der Waals surface area contributed by atoms with Crippen LogP contribution in [0.25, 0.3) is 0 Å². The summed E-state index contributed by atoms with van der Waals surface area (Å²) in [5.74, 6) is -0.0464. The molecule has 1 aliphatic heterocycles. The fourth-order valence-electron chi connectivity index (χ4n) is 1.95. The molecule has 0 aromatic heterocycles. The minimum absolute atomic E-state index is 0.0455. The number of amides is 1. The van der Waals surface area contributed by atoms with Crippen molar-refractivity contribution in [1.29, 1.82) is 0 Å². The molecular formula is C13H17FN2O2. The van der Waals surface area contributed by atoms with Crippen LogP contribution in [0.1, 0.15) is 6.92 Å². The smallest absolute Gasteiger partial charge is 0.260 e. The van der Waals surface area contributed by atoms with Crippen molar-refractivity contribution >= 4 is 5.91 Å². The van der Waals surface area contributed by atoms with Crippen LogP contribution in [0, 0.1) is 5.82 Å². The molecule has 98 valence electrons. The summed E-state index contributed by atoms with van der Waals surface area (Å²) in [5.41, 5.74) is 0. The Morgan fingerprint density at radius 1 is 1.61 bits per heavy atom. The third kappa shape index (κ3) is 3.43. The first-order valence-corrected chi connectivity index (χ1v) is 6.04. The fourth-order valence-corrected chi connectivity index (χ4v) is 1.95. The second kappa shape index (κ2) is 5.82. The van der Waals surface area contributed by atoms with Gasteiger partial charge in [-0.05, 0) is 19.1 Å². The lowest BCUT2D eigenvalue weighted by Gasteiger charge is -2.31. The Balaban J connectivity index is 1.84. The zero-order valence-corrected chi connectivity index (χ0v) is 10.4. The molecule has 1 atom stereocenters. The standard InChI is InChI=1S/C13H17FN2O2/c1-10-8-16(6-5-15-10)13(17)9-18-12-4-2-3-11(14)7-12/h2-4,7,10,15H,5-6,8-9H2,1H3/t10-/m0/s1. The van der Waals surface area contributed by atoms with Crippen LogP contribution in [0.2, 0.25) is 0 Å². The van der Waals surface area contributed by atoms with Gasteiger partial charge in [0.15, 0.2) is 6.61 Å². The molecule has 0 unspecified atom stereocenters. The molecule has 0 saturated carbocycles. The summed E-state index contributed by atoms with van der Waals surface area (Å²) < 4.78 is 18.2. The molecule has 1 amide bonds. The highest BCUT2D eigenvalue weighted by atomic mass is 19.1. The van der Waals surface area contributed by atoms with E-state index in [1.54, 1.807) is 17.0 Å². The molecule has 1 fully saturated rings. The van der Waals surface area contributed by atoms with Crippen LogP contribution in [0.15, 0.2) is 24.3 Å². The van der Waals surface area contributed by atoms with E-state index in [1.165, 1.54) is 12.1 Å². The second-order valence-corrected chi connectivity index (χ2v) is 4.44. The first kappa shape index (κ1) is 12.8. The summed E-state index contributed by atoms with van der Waals surface area (Å²) in [4.78, 5) is 13.6. The number of ether oxygens (including phenoxy) is 1. The lowest BCUT2D eigenvalue weighted by molar-refractivity contribution is -0.134. The van der Waals surface area contributed by atoms with Crippen molar-refractivity contribution < 1.29 is 13.9 Å². The van der Waals surface area contributed by atoms with E-state index in [4.69, 9.17) is 4.74 Å². The molecule has 0 bridgehead atoms. The number of benzene rings is 1. The molecular weight excluding hydrogens is 235 g/mol. The van der Waals surface area contributed by atoms with Crippen LogP contribution < -0.4 is 10.1 Å². The van der Waals surface area contributed by atoms with Crippen LogP contribution in [0.3, 0.4) is 0 Å². The maximum Gasteiger partial charge on any atom is 0.260 e. The summed E-state index contributed by atoms with van der Waals surface area (Å²) >= 11 is 0. The first-order valence-electron chi connectivity index (χ1n) is 6.04. The lowest BCUT2D eigenvalue weighted by atomic mass is 10.2. The molecule has 0 aliphatic carbocycles. The predicted octanol–water partition coefficient (Wildman–Crippen LogP) is 1.02. The highest BCUT2D eigenvalue weighted by Crippen LogP contribution is 2.12. The maximum atomic E-state index is 12.9. The Kier molecular flexibility index (Phi) is 4.15. The van der Waals surface area contributed by atoms with E-state index in [1.807, 2.05) is 6.92 Å². The van der Waals surface area contributed by atoms with Gasteiger partial charge in [-0.3, -0.25) is 4.79 Å². The van der Waals surface area contributed by atoms with Gasteiger partial charge in [-0.2, -0.15) is 0 Å². The van der Waals surface area contributed by atoms with E-state index in [9.17, 15) is 9.18 Å². The maximum absolute atomic E-state index is 12.9. The molecule has 0 radical (unpaired) electrons.